The zero-order valence-corrected chi connectivity index (χ0v) is 18.9. The summed E-state index contributed by atoms with van der Waals surface area (Å²) in [5, 5.41) is 21.3. The molecule has 0 spiro atoms. The van der Waals surface area contributed by atoms with Crippen molar-refractivity contribution in [2.45, 2.75) is 70.9 Å². The van der Waals surface area contributed by atoms with Crippen LogP contribution in [0.2, 0.25) is 0 Å². The van der Waals surface area contributed by atoms with Crippen molar-refractivity contribution in [3.8, 4) is 0 Å². The molecule has 164 valence electrons. The number of allylic oxidation sites excluding steroid dienone is 2. The Labute approximate surface area is 186 Å². The van der Waals surface area contributed by atoms with Crippen molar-refractivity contribution in [3.63, 3.8) is 0 Å². The first kappa shape index (κ1) is 21.7. The predicted molar refractivity (Wildman–Crippen MR) is 131 cm³/mol. The van der Waals surface area contributed by atoms with Crippen molar-refractivity contribution < 1.29 is 0 Å². The first-order valence-corrected chi connectivity index (χ1v) is 11.7. The Morgan fingerprint density at radius 1 is 1.00 bits per heavy atom. The first-order chi connectivity index (χ1) is 15.0. The van der Waals surface area contributed by atoms with Gasteiger partial charge in [-0.25, -0.2) is 4.98 Å². The predicted octanol–water partition coefficient (Wildman–Crippen LogP) is 5.40. The van der Waals surface area contributed by atoms with Crippen LogP contribution in [0.5, 0.6) is 0 Å². The Morgan fingerprint density at radius 3 is 2.42 bits per heavy atom. The zero-order chi connectivity index (χ0) is 21.8. The summed E-state index contributed by atoms with van der Waals surface area (Å²) >= 11 is 0. The summed E-state index contributed by atoms with van der Waals surface area (Å²) in [6.45, 7) is 5.74. The Balaban J connectivity index is 1.55. The number of nitrogens with one attached hydrogen (secondary N) is 3. The number of hydrogen-bond donors (Lipinski definition) is 3. The fourth-order valence-electron chi connectivity index (χ4n) is 4.88. The molecule has 5 nitrogen and oxygen atoms in total. The van der Waals surface area contributed by atoms with Crippen molar-refractivity contribution in [2.75, 3.05) is 18.0 Å². The fraction of sp³-hybridized carbons (Fsp3) is 0.500. The van der Waals surface area contributed by atoms with Gasteiger partial charge in [-0.05, 0) is 69.9 Å². The molecule has 2 heterocycles. The second-order valence-electron chi connectivity index (χ2n) is 9.25. The van der Waals surface area contributed by atoms with E-state index in [0.717, 1.165) is 48.2 Å². The third-order valence-corrected chi connectivity index (χ3v) is 6.61. The van der Waals surface area contributed by atoms with Crippen LogP contribution in [-0.4, -0.2) is 41.6 Å². The lowest BCUT2D eigenvalue weighted by Crippen LogP contribution is -2.47. The van der Waals surface area contributed by atoms with Gasteiger partial charge in [0, 0.05) is 41.8 Å². The number of pyridine rings is 1. The molecule has 0 radical (unpaired) electrons. The number of fused-ring (bicyclic) bond motifs is 1. The van der Waals surface area contributed by atoms with E-state index in [4.69, 9.17) is 15.8 Å². The number of rotatable bonds is 6. The maximum absolute atomic E-state index is 8.66. The van der Waals surface area contributed by atoms with Gasteiger partial charge < -0.3 is 21.0 Å². The Bertz CT molecular complexity index is 979. The first-order valence-electron chi connectivity index (χ1n) is 11.7. The van der Waals surface area contributed by atoms with E-state index in [1.54, 1.807) is 19.1 Å². The highest BCUT2D eigenvalue weighted by molar-refractivity contribution is 6.13. The molecule has 1 aliphatic heterocycles. The quantitative estimate of drug-likeness (QED) is 0.551. The highest BCUT2D eigenvalue weighted by Gasteiger charge is 2.25. The minimum Gasteiger partial charge on any atom is -0.356 e. The summed E-state index contributed by atoms with van der Waals surface area (Å²) in [4.78, 5) is 7.36. The molecule has 1 saturated heterocycles. The van der Waals surface area contributed by atoms with Gasteiger partial charge in [-0.1, -0.05) is 30.9 Å². The molecule has 4 rings (SSSR count). The number of benzene rings is 1. The number of aromatic nitrogens is 1. The summed E-state index contributed by atoms with van der Waals surface area (Å²) in [5.74, 6) is 0.907. The molecule has 2 fully saturated rings. The average molecular weight is 418 g/mol. The van der Waals surface area contributed by atoms with Crippen LogP contribution in [0.4, 0.5) is 5.82 Å². The highest BCUT2D eigenvalue weighted by atomic mass is 15.2. The van der Waals surface area contributed by atoms with Gasteiger partial charge in [0.25, 0.3) is 0 Å². The van der Waals surface area contributed by atoms with Crippen LogP contribution in [-0.2, 0) is 0 Å². The molecule has 1 aliphatic carbocycles. The SMILES string of the molecule is CC(=N)C=CC(=N)c1cc2cc(C)ccc2nc1N1CCC(NC2CCCCC2)CC1. The monoisotopic (exact) mass is 417 g/mol. The Morgan fingerprint density at radius 2 is 1.71 bits per heavy atom. The normalized spacial score (nSPS) is 18.7. The molecule has 3 N–H and O–H groups in total. The van der Waals surface area contributed by atoms with Crippen LogP contribution >= 0.6 is 0 Å². The molecule has 1 aromatic heterocycles. The van der Waals surface area contributed by atoms with Gasteiger partial charge in [-0.2, -0.15) is 0 Å². The molecule has 0 atom stereocenters. The summed E-state index contributed by atoms with van der Waals surface area (Å²) in [6, 6.07) is 9.70. The van der Waals surface area contributed by atoms with Gasteiger partial charge in [0.15, 0.2) is 0 Å². The molecule has 1 aromatic carbocycles. The second kappa shape index (κ2) is 9.73. The Kier molecular flexibility index (Phi) is 6.81. The van der Waals surface area contributed by atoms with Crippen molar-refractivity contribution >= 4 is 28.1 Å². The lowest BCUT2D eigenvalue weighted by atomic mass is 9.93. The van der Waals surface area contributed by atoms with Crippen LogP contribution in [0.1, 0.15) is 63.0 Å². The van der Waals surface area contributed by atoms with E-state index >= 15 is 0 Å². The van der Waals surface area contributed by atoms with Gasteiger partial charge in [-0.3, -0.25) is 0 Å². The van der Waals surface area contributed by atoms with Crippen molar-refractivity contribution in [2.24, 2.45) is 0 Å². The third kappa shape index (κ3) is 5.40. The van der Waals surface area contributed by atoms with E-state index in [0.29, 0.717) is 23.5 Å². The minimum absolute atomic E-state index is 0.417. The third-order valence-electron chi connectivity index (χ3n) is 6.61. The summed E-state index contributed by atoms with van der Waals surface area (Å²) in [6.07, 6.45) is 12.4. The van der Waals surface area contributed by atoms with E-state index < -0.39 is 0 Å². The molecule has 0 amide bonds. The van der Waals surface area contributed by atoms with Crippen LogP contribution in [0.15, 0.2) is 36.4 Å². The minimum atomic E-state index is 0.417. The van der Waals surface area contributed by atoms with Crippen molar-refractivity contribution in [1.29, 1.82) is 10.8 Å². The molecular formula is C26H35N5. The van der Waals surface area contributed by atoms with E-state index in [1.165, 1.54) is 37.7 Å². The topological polar surface area (TPSA) is 75.9 Å². The lowest BCUT2D eigenvalue weighted by Gasteiger charge is -2.37. The van der Waals surface area contributed by atoms with Gasteiger partial charge in [0.05, 0.1) is 11.2 Å². The van der Waals surface area contributed by atoms with Crippen molar-refractivity contribution in [3.05, 3.63) is 47.5 Å². The largest absolute Gasteiger partial charge is 0.356 e. The van der Waals surface area contributed by atoms with E-state index in [9.17, 15) is 0 Å². The highest BCUT2D eigenvalue weighted by Crippen LogP contribution is 2.28. The number of anilines is 1. The summed E-state index contributed by atoms with van der Waals surface area (Å²) < 4.78 is 0. The molecule has 0 bridgehead atoms. The number of aryl methyl sites for hydroxylation is 1. The van der Waals surface area contributed by atoms with Gasteiger partial charge >= 0.3 is 0 Å². The molecule has 1 saturated carbocycles. The molecular weight excluding hydrogens is 382 g/mol. The summed E-state index contributed by atoms with van der Waals surface area (Å²) in [7, 11) is 0. The molecule has 2 aliphatic rings. The smallest absolute Gasteiger partial charge is 0.138 e. The molecule has 2 aromatic rings. The maximum atomic E-state index is 8.66. The molecule has 31 heavy (non-hydrogen) atoms. The lowest BCUT2D eigenvalue weighted by molar-refractivity contribution is 0.307. The van der Waals surface area contributed by atoms with Crippen molar-refractivity contribution in [1.82, 2.24) is 10.3 Å². The summed E-state index contributed by atoms with van der Waals surface area (Å²) in [5.41, 5.74) is 3.89. The van der Waals surface area contributed by atoms with Gasteiger partial charge in [-0.15, -0.1) is 0 Å². The zero-order valence-electron chi connectivity index (χ0n) is 18.9. The second-order valence-corrected chi connectivity index (χ2v) is 9.25. The van der Waals surface area contributed by atoms with Gasteiger partial charge in [0.1, 0.15) is 5.82 Å². The number of piperidine rings is 1. The van der Waals surface area contributed by atoms with Crippen LogP contribution in [0.3, 0.4) is 0 Å². The van der Waals surface area contributed by atoms with E-state index in [1.807, 2.05) is 0 Å². The average Bonchev–Trinajstić information content (AvgIpc) is 2.78. The van der Waals surface area contributed by atoms with E-state index in [-0.39, 0.29) is 0 Å². The maximum Gasteiger partial charge on any atom is 0.138 e. The number of nitrogens with zero attached hydrogens (tertiary/aromatic N) is 2. The van der Waals surface area contributed by atoms with Crippen LogP contribution < -0.4 is 10.2 Å². The standard InChI is InChI=1S/C26H35N5/c1-18-8-11-25-20(16-18)17-23(24(28)10-9-19(2)27)26(30-25)31-14-12-22(13-15-31)29-21-6-4-3-5-7-21/h8-11,16-17,21-22,27-29H,3-7,12-15H2,1-2H3. The Hall–Kier alpha value is -2.53. The van der Waals surface area contributed by atoms with Crippen LogP contribution in [0.25, 0.3) is 10.9 Å². The molecule has 5 heteroatoms. The number of hydrogen-bond acceptors (Lipinski definition) is 5. The van der Waals surface area contributed by atoms with E-state index in [2.05, 4.69) is 41.4 Å². The fourth-order valence-corrected chi connectivity index (χ4v) is 4.88. The van der Waals surface area contributed by atoms with Gasteiger partial charge in [0.2, 0.25) is 0 Å². The van der Waals surface area contributed by atoms with Crippen LogP contribution in [0, 0.1) is 17.7 Å². The molecule has 0 unspecified atom stereocenters.